The Morgan fingerprint density at radius 1 is 1.43 bits per heavy atom. The number of nitrogens with one attached hydrogen (secondary N) is 1. The molecule has 1 saturated carbocycles. The number of carbonyl (C=O) groups excluding carboxylic acids is 1. The van der Waals surface area contributed by atoms with Crippen molar-refractivity contribution in [1.82, 2.24) is 10.3 Å². The zero-order valence-electron chi connectivity index (χ0n) is 11.9. The molecule has 1 aromatic heterocycles. The number of amides is 1. The first-order valence-electron chi connectivity index (χ1n) is 7.13. The van der Waals surface area contributed by atoms with Crippen LogP contribution >= 0.6 is 11.3 Å². The van der Waals surface area contributed by atoms with Gasteiger partial charge in [0, 0.05) is 24.3 Å². The molecule has 7 heteroatoms. The molecule has 1 fully saturated rings. The summed E-state index contributed by atoms with van der Waals surface area (Å²) < 4.78 is 38.9. The van der Waals surface area contributed by atoms with E-state index in [1.807, 2.05) is 12.3 Å². The SMILES string of the molecule is Cc1nc(CCNC(=O)C2CCCCC2C(F)(F)F)cs1. The highest BCUT2D eigenvalue weighted by atomic mass is 32.1. The number of nitrogens with zero attached hydrogens (tertiary/aromatic N) is 1. The summed E-state index contributed by atoms with van der Waals surface area (Å²) in [5.41, 5.74) is 0.869. The lowest BCUT2D eigenvalue weighted by molar-refractivity contribution is -0.198. The molecule has 2 rings (SSSR count). The van der Waals surface area contributed by atoms with Crippen molar-refractivity contribution in [3.8, 4) is 0 Å². The summed E-state index contributed by atoms with van der Waals surface area (Å²) in [6.45, 7) is 2.23. The van der Waals surface area contributed by atoms with E-state index in [0.717, 1.165) is 10.7 Å². The Balaban J connectivity index is 1.86. The van der Waals surface area contributed by atoms with Crippen LogP contribution < -0.4 is 5.32 Å². The van der Waals surface area contributed by atoms with Crippen LogP contribution in [0, 0.1) is 18.8 Å². The van der Waals surface area contributed by atoms with Gasteiger partial charge in [0.05, 0.1) is 16.6 Å². The first-order chi connectivity index (χ1) is 9.88. The summed E-state index contributed by atoms with van der Waals surface area (Å²) in [5.74, 6) is -2.90. The van der Waals surface area contributed by atoms with Crippen molar-refractivity contribution in [3.05, 3.63) is 16.1 Å². The summed E-state index contributed by atoms with van der Waals surface area (Å²) in [6.07, 6.45) is -2.10. The lowest BCUT2D eigenvalue weighted by atomic mass is 9.78. The van der Waals surface area contributed by atoms with Crippen molar-refractivity contribution < 1.29 is 18.0 Å². The molecule has 118 valence electrons. The zero-order valence-corrected chi connectivity index (χ0v) is 12.7. The molecule has 3 nitrogen and oxygen atoms in total. The smallest absolute Gasteiger partial charge is 0.355 e. The average Bonchev–Trinajstić information content (AvgIpc) is 2.83. The molecule has 0 aliphatic heterocycles. The van der Waals surface area contributed by atoms with E-state index in [9.17, 15) is 18.0 Å². The number of rotatable bonds is 4. The molecule has 1 amide bonds. The molecule has 1 heterocycles. The monoisotopic (exact) mass is 320 g/mol. The van der Waals surface area contributed by atoms with Gasteiger partial charge in [-0.1, -0.05) is 12.8 Å². The van der Waals surface area contributed by atoms with Gasteiger partial charge in [0.15, 0.2) is 0 Å². The summed E-state index contributed by atoms with van der Waals surface area (Å²) in [5, 5.41) is 5.49. The molecule has 0 spiro atoms. The van der Waals surface area contributed by atoms with Gasteiger partial charge in [-0.05, 0) is 19.8 Å². The minimum Gasteiger partial charge on any atom is -0.355 e. The number of carbonyl (C=O) groups is 1. The van der Waals surface area contributed by atoms with Gasteiger partial charge in [-0.25, -0.2) is 4.98 Å². The van der Waals surface area contributed by atoms with E-state index in [0.29, 0.717) is 32.2 Å². The lowest BCUT2D eigenvalue weighted by Gasteiger charge is -2.31. The number of alkyl halides is 3. The van der Waals surface area contributed by atoms with Crippen molar-refractivity contribution in [2.75, 3.05) is 6.54 Å². The van der Waals surface area contributed by atoms with Crippen LogP contribution in [0.2, 0.25) is 0 Å². The highest BCUT2D eigenvalue weighted by molar-refractivity contribution is 7.09. The van der Waals surface area contributed by atoms with Crippen LogP contribution in [0.25, 0.3) is 0 Å². The molecule has 1 aliphatic carbocycles. The largest absolute Gasteiger partial charge is 0.392 e. The van der Waals surface area contributed by atoms with Crippen molar-refractivity contribution in [2.24, 2.45) is 11.8 Å². The van der Waals surface area contributed by atoms with E-state index >= 15 is 0 Å². The Hall–Kier alpha value is -1.11. The highest BCUT2D eigenvalue weighted by Gasteiger charge is 2.47. The van der Waals surface area contributed by atoms with E-state index in [4.69, 9.17) is 0 Å². The minimum atomic E-state index is -4.28. The molecule has 0 radical (unpaired) electrons. The Bertz CT molecular complexity index is 487. The molecule has 1 aliphatic rings. The topological polar surface area (TPSA) is 42.0 Å². The van der Waals surface area contributed by atoms with Crippen molar-refractivity contribution >= 4 is 17.2 Å². The summed E-state index contributed by atoms with van der Waals surface area (Å²) in [4.78, 5) is 16.3. The quantitative estimate of drug-likeness (QED) is 0.923. The van der Waals surface area contributed by atoms with E-state index in [1.54, 1.807) is 0 Å². The molecule has 1 aromatic rings. The molecular formula is C14H19F3N2OS. The Kier molecular flexibility index (Phi) is 5.24. The number of hydrogen-bond donors (Lipinski definition) is 1. The predicted molar refractivity (Wildman–Crippen MR) is 75.1 cm³/mol. The summed E-state index contributed by atoms with van der Waals surface area (Å²) in [6, 6.07) is 0. The third-order valence-electron chi connectivity index (χ3n) is 3.87. The first-order valence-corrected chi connectivity index (χ1v) is 8.01. The number of aromatic nitrogens is 1. The number of halogens is 3. The Labute approximate surface area is 126 Å². The van der Waals surface area contributed by atoms with Crippen LogP contribution in [0.3, 0.4) is 0 Å². The van der Waals surface area contributed by atoms with Crippen LogP contribution in [0.4, 0.5) is 13.2 Å². The van der Waals surface area contributed by atoms with Gasteiger partial charge in [-0.3, -0.25) is 4.79 Å². The summed E-state index contributed by atoms with van der Waals surface area (Å²) in [7, 11) is 0. The van der Waals surface area contributed by atoms with Crippen molar-refractivity contribution in [2.45, 2.75) is 45.2 Å². The maximum absolute atomic E-state index is 13.0. The normalized spacial score (nSPS) is 23.0. The van der Waals surface area contributed by atoms with Gasteiger partial charge in [0.2, 0.25) is 5.91 Å². The zero-order chi connectivity index (χ0) is 15.5. The lowest BCUT2D eigenvalue weighted by Crippen LogP contribution is -2.43. The van der Waals surface area contributed by atoms with Gasteiger partial charge < -0.3 is 5.32 Å². The molecular weight excluding hydrogens is 301 g/mol. The number of thiazole rings is 1. The predicted octanol–water partition coefficient (Wildman–Crippen LogP) is 3.48. The van der Waals surface area contributed by atoms with Gasteiger partial charge in [-0.15, -0.1) is 11.3 Å². The maximum atomic E-state index is 13.0. The average molecular weight is 320 g/mol. The Morgan fingerprint density at radius 2 is 2.14 bits per heavy atom. The molecule has 1 N–H and O–H groups in total. The van der Waals surface area contributed by atoms with E-state index in [1.165, 1.54) is 11.3 Å². The van der Waals surface area contributed by atoms with E-state index in [2.05, 4.69) is 10.3 Å². The van der Waals surface area contributed by atoms with Crippen molar-refractivity contribution in [3.63, 3.8) is 0 Å². The maximum Gasteiger partial charge on any atom is 0.392 e. The highest BCUT2D eigenvalue weighted by Crippen LogP contribution is 2.41. The van der Waals surface area contributed by atoms with Crippen molar-refractivity contribution in [1.29, 1.82) is 0 Å². The molecule has 0 aromatic carbocycles. The minimum absolute atomic E-state index is 0.0624. The fourth-order valence-electron chi connectivity index (χ4n) is 2.80. The first kappa shape index (κ1) is 16.3. The number of hydrogen-bond acceptors (Lipinski definition) is 3. The van der Waals surface area contributed by atoms with Crippen LogP contribution in [-0.2, 0) is 11.2 Å². The molecule has 2 atom stereocenters. The van der Waals surface area contributed by atoms with E-state index < -0.39 is 23.9 Å². The molecule has 2 unspecified atom stereocenters. The molecule has 0 saturated heterocycles. The fraction of sp³-hybridized carbons (Fsp3) is 0.714. The number of aryl methyl sites for hydroxylation is 1. The second-order valence-electron chi connectivity index (χ2n) is 5.44. The Morgan fingerprint density at radius 3 is 2.76 bits per heavy atom. The third kappa shape index (κ3) is 4.43. The molecule has 21 heavy (non-hydrogen) atoms. The third-order valence-corrected chi connectivity index (χ3v) is 4.69. The van der Waals surface area contributed by atoms with Crippen LogP contribution in [-0.4, -0.2) is 23.6 Å². The van der Waals surface area contributed by atoms with Crippen LogP contribution in [0.15, 0.2) is 5.38 Å². The second-order valence-corrected chi connectivity index (χ2v) is 6.50. The summed E-state index contributed by atoms with van der Waals surface area (Å²) >= 11 is 1.52. The van der Waals surface area contributed by atoms with Gasteiger partial charge in [0.1, 0.15) is 0 Å². The standard InChI is InChI=1S/C14H19F3N2OS/c1-9-19-10(8-21-9)6-7-18-13(20)11-4-2-3-5-12(11)14(15,16)17/h8,11-12H,2-7H2,1H3,(H,18,20). The van der Waals surface area contributed by atoms with Crippen LogP contribution in [0.5, 0.6) is 0 Å². The van der Waals surface area contributed by atoms with Gasteiger partial charge in [-0.2, -0.15) is 13.2 Å². The van der Waals surface area contributed by atoms with Crippen LogP contribution in [0.1, 0.15) is 36.4 Å². The van der Waals surface area contributed by atoms with Gasteiger partial charge >= 0.3 is 6.18 Å². The fourth-order valence-corrected chi connectivity index (χ4v) is 3.45. The molecule has 0 bridgehead atoms. The second kappa shape index (κ2) is 6.77. The van der Waals surface area contributed by atoms with Gasteiger partial charge in [0.25, 0.3) is 0 Å². The van der Waals surface area contributed by atoms with E-state index in [-0.39, 0.29) is 6.42 Å².